The molecule has 0 bridgehead atoms. The highest BCUT2D eigenvalue weighted by molar-refractivity contribution is 7.99. The van der Waals surface area contributed by atoms with Gasteiger partial charge in [0.15, 0.2) is 5.82 Å². The molecule has 0 unspecified atom stereocenters. The van der Waals surface area contributed by atoms with Crippen molar-refractivity contribution in [1.82, 2.24) is 20.2 Å². The van der Waals surface area contributed by atoms with Gasteiger partial charge in [0.25, 0.3) is 11.7 Å². The minimum atomic E-state index is -2.60. The average molecular weight is 361 g/mol. The van der Waals surface area contributed by atoms with Gasteiger partial charge in [0.2, 0.25) is 0 Å². The normalized spacial score (nSPS) is 10.9. The topological polar surface area (TPSA) is 72.7 Å². The highest BCUT2D eigenvalue weighted by Gasteiger charge is 2.16. The number of alkyl halides is 2. The Balaban J connectivity index is 1.84. The number of anilines is 1. The zero-order valence-corrected chi connectivity index (χ0v) is 13.9. The van der Waals surface area contributed by atoms with Crippen LogP contribution in [-0.2, 0) is 7.05 Å². The van der Waals surface area contributed by atoms with Gasteiger partial charge in [-0.1, -0.05) is 36.0 Å². The Bertz CT molecular complexity index is 899. The Morgan fingerprint density at radius 3 is 2.72 bits per heavy atom. The van der Waals surface area contributed by atoms with E-state index in [1.54, 1.807) is 37.4 Å². The largest absolute Gasteiger partial charge is 0.322 e. The molecule has 0 spiro atoms. The molecule has 3 aromatic rings. The summed E-state index contributed by atoms with van der Waals surface area (Å²) in [7, 11) is 1.71. The van der Waals surface area contributed by atoms with Crippen LogP contribution in [0.2, 0.25) is 0 Å². The Hall–Kier alpha value is -2.81. The van der Waals surface area contributed by atoms with E-state index < -0.39 is 11.7 Å². The Kier molecular flexibility index (Phi) is 5.03. The zero-order valence-electron chi connectivity index (χ0n) is 13.1. The lowest BCUT2D eigenvalue weighted by Gasteiger charge is -2.10. The maximum absolute atomic E-state index is 12.6. The quantitative estimate of drug-likeness (QED) is 0.705. The van der Waals surface area contributed by atoms with Crippen molar-refractivity contribution in [3.05, 3.63) is 54.1 Å². The van der Waals surface area contributed by atoms with Crippen LogP contribution < -0.4 is 5.32 Å². The fraction of sp³-hybridized carbons (Fsp3) is 0.125. The highest BCUT2D eigenvalue weighted by Crippen LogP contribution is 2.29. The minimum absolute atomic E-state index is 0.193. The molecule has 9 heteroatoms. The molecule has 0 fully saturated rings. The van der Waals surface area contributed by atoms with Crippen molar-refractivity contribution in [1.29, 1.82) is 0 Å². The number of nitrogens with zero attached hydrogens (tertiary/aromatic N) is 4. The van der Waals surface area contributed by atoms with E-state index in [1.807, 2.05) is 6.07 Å². The second-order valence-electron chi connectivity index (χ2n) is 5.04. The fourth-order valence-corrected chi connectivity index (χ4v) is 2.90. The van der Waals surface area contributed by atoms with Gasteiger partial charge in [-0.25, -0.2) is 4.68 Å². The number of tetrazole rings is 1. The van der Waals surface area contributed by atoms with Gasteiger partial charge in [-0.15, -0.1) is 5.10 Å². The summed E-state index contributed by atoms with van der Waals surface area (Å²) in [4.78, 5) is 12.7. The van der Waals surface area contributed by atoms with Crippen LogP contribution in [0.1, 0.15) is 10.4 Å². The van der Waals surface area contributed by atoms with Crippen LogP contribution in [0.15, 0.2) is 53.4 Å². The number of nitrogens with one attached hydrogen (secondary N) is 1. The molecule has 2 aromatic carbocycles. The van der Waals surface area contributed by atoms with E-state index in [-0.39, 0.29) is 10.5 Å². The van der Waals surface area contributed by atoms with Crippen molar-refractivity contribution >= 4 is 23.4 Å². The van der Waals surface area contributed by atoms with Crippen LogP contribution in [0.25, 0.3) is 11.4 Å². The van der Waals surface area contributed by atoms with Gasteiger partial charge in [0.05, 0.1) is 5.56 Å². The standard InChI is InChI=1S/C16H13F2N5OS/c1-23-14(20-21-22-23)10-5-4-6-11(9-10)19-15(24)12-7-2-3-8-13(12)25-16(17)18/h2-9,16H,1H3,(H,19,24). The molecule has 3 rings (SSSR count). The van der Waals surface area contributed by atoms with Crippen LogP contribution in [0, 0.1) is 0 Å². The number of hydrogen-bond acceptors (Lipinski definition) is 5. The van der Waals surface area contributed by atoms with Crippen LogP contribution in [-0.4, -0.2) is 31.9 Å². The van der Waals surface area contributed by atoms with E-state index in [0.717, 1.165) is 5.56 Å². The summed E-state index contributed by atoms with van der Waals surface area (Å²) in [5.41, 5.74) is 1.43. The molecule has 6 nitrogen and oxygen atoms in total. The first-order chi connectivity index (χ1) is 12.0. The van der Waals surface area contributed by atoms with Crippen molar-refractivity contribution < 1.29 is 13.6 Å². The number of benzene rings is 2. The molecule has 25 heavy (non-hydrogen) atoms. The third kappa shape index (κ3) is 4.00. The van der Waals surface area contributed by atoms with E-state index in [2.05, 4.69) is 20.8 Å². The molecule has 0 aliphatic carbocycles. The molecule has 0 saturated heterocycles. The van der Waals surface area contributed by atoms with Crippen LogP contribution in [0.3, 0.4) is 0 Å². The molecule has 1 aromatic heterocycles. The predicted molar refractivity (Wildman–Crippen MR) is 90.5 cm³/mol. The summed E-state index contributed by atoms with van der Waals surface area (Å²) in [6.07, 6.45) is 0. The van der Waals surface area contributed by atoms with Gasteiger partial charge in [0.1, 0.15) is 0 Å². The van der Waals surface area contributed by atoms with Crippen LogP contribution >= 0.6 is 11.8 Å². The van der Waals surface area contributed by atoms with E-state index in [4.69, 9.17) is 0 Å². The van der Waals surface area contributed by atoms with Crippen molar-refractivity contribution in [3.63, 3.8) is 0 Å². The predicted octanol–water partition coefficient (Wildman–Crippen LogP) is 3.44. The van der Waals surface area contributed by atoms with E-state index >= 15 is 0 Å². The summed E-state index contributed by atoms with van der Waals surface area (Å²) in [5.74, 6) is -2.51. The molecule has 1 N–H and O–H groups in total. The zero-order chi connectivity index (χ0) is 17.8. The number of aromatic nitrogens is 4. The van der Waals surface area contributed by atoms with Gasteiger partial charge in [0, 0.05) is 23.2 Å². The van der Waals surface area contributed by atoms with Gasteiger partial charge in [-0.3, -0.25) is 4.79 Å². The number of carbonyl (C=O) groups excluding carboxylic acids is 1. The lowest BCUT2D eigenvalue weighted by atomic mass is 10.1. The molecule has 0 aliphatic heterocycles. The first-order valence-corrected chi connectivity index (χ1v) is 8.10. The summed E-state index contributed by atoms with van der Waals surface area (Å²) in [6.45, 7) is 0. The summed E-state index contributed by atoms with van der Waals surface area (Å²) >= 11 is 0.343. The second kappa shape index (κ2) is 7.39. The number of carbonyl (C=O) groups is 1. The Labute approximate surface area is 146 Å². The first-order valence-electron chi connectivity index (χ1n) is 7.22. The van der Waals surface area contributed by atoms with E-state index in [1.165, 1.54) is 16.8 Å². The monoisotopic (exact) mass is 361 g/mol. The van der Waals surface area contributed by atoms with Crippen molar-refractivity contribution in [2.75, 3.05) is 5.32 Å². The molecule has 0 atom stereocenters. The molecule has 128 valence electrons. The molecule has 1 heterocycles. The van der Waals surface area contributed by atoms with E-state index in [9.17, 15) is 13.6 Å². The molecule has 1 amide bonds. The van der Waals surface area contributed by atoms with Crippen LogP contribution in [0.5, 0.6) is 0 Å². The summed E-state index contributed by atoms with van der Waals surface area (Å²) in [6, 6.07) is 13.2. The molecule has 0 aliphatic rings. The number of halogens is 2. The van der Waals surface area contributed by atoms with Gasteiger partial charge >= 0.3 is 0 Å². The smallest absolute Gasteiger partial charge is 0.288 e. The SMILES string of the molecule is Cn1nnnc1-c1cccc(NC(=O)c2ccccc2SC(F)F)c1. The third-order valence-electron chi connectivity index (χ3n) is 3.35. The summed E-state index contributed by atoms with van der Waals surface area (Å²) in [5, 5.41) is 14.0. The molecular weight excluding hydrogens is 348 g/mol. The average Bonchev–Trinajstić information content (AvgIpc) is 3.01. The lowest BCUT2D eigenvalue weighted by molar-refractivity contribution is 0.102. The fourth-order valence-electron chi connectivity index (χ4n) is 2.26. The second-order valence-corrected chi connectivity index (χ2v) is 6.07. The van der Waals surface area contributed by atoms with Gasteiger partial charge < -0.3 is 5.32 Å². The summed E-state index contributed by atoms with van der Waals surface area (Å²) < 4.78 is 26.8. The molecule has 0 radical (unpaired) electrons. The number of rotatable bonds is 5. The Morgan fingerprint density at radius 1 is 1.20 bits per heavy atom. The number of thioether (sulfide) groups is 1. The van der Waals surface area contributed by atoms with Crippen LogP contribution in [0.4, 0.5) is 14.5 Å². The number of amides is 1. The molecular formula is C16H13F2N5OS. The maximum Gasteiger partial charge on any atom is 0.288 e. The maximum atomic E-state index is 12.6. The van der Waals surface area contributed by atoms with E-state index in [0.29, 0.717) is 23.3 Å². The number of aryl methyl sites for hydroxylation is 1. The molecule has 0 saturated carbocycles. The Morgan fingerprint density at radius 2 is 2.00 bits per heavy atom. The minimum Gasteiger partial charge on any atom is -0.322 e. The third-order valence-corrected chi connectivity index (χ3v) is 4.13. The first kappa shape index (κ1) is 17.0. The van der Waals surface area contributed by atoms with Gasteiger partial charge in [-0.2, -0.15) is 8.78 Å². The van der Waals surface area contributed by atoms with Crippen molar-refractivity contribution in [3.8, 4) is 11.4 Å². The van der Waals surface area contributed by atoms with Crippen molar-refractivity contribution in [2.45, 2.75) is 10.7 Å². The number of hydrogen-bond donors (Lipinski definition) is 1. The van der Waals surface area contributed by atoms with Crippen molar-refractivity contribution in [2.24, 2.45) is 7.05 Å². The van der Waals surface area contributed by atoms with Gasteiger partial charge in [-0.05, 0) is 34.7 Å². The lowest BCUT2D eigenvalue weighted by Crippen LogP contribution is -2.13. The highest BCUT2D eigenvalue weighted by atomic mass is 32.2.